The minimum atomic E-state index is -4.58. The second kappa shape index (κ2) is 20.0. The van der Waals surface area contributed by atoms with Gasteiger partial charge in [0.2, 0.25) is 0 Å². The lowest BCUT2D eigenvalue weighted by atomic mass is 10.1. The van der Waals surface area contributed by atoms with Crippen LogP contribution in [0.25, 0.3) is 0 Å². The van der Waals surface area contributed by atoms with Crippen LogP contribution >= 0.6 is 19.4 Å². The third-order valence-corrected chi connectivity index (χ3v) is 8.53. The van der Waals surface area contributed by atoms with Crippen LogP contribution in [-0.4, -0.2) is 52.1 Å². The van der Waals surface area contributed by atoms with Gasteiger partial charge in [-0.2, -0.15) is 11.8 Å². The van der Waals surface area contributed by atoms with Crippen LogP contribution in [0.1, 0.15) is 91.4 Å². The van der Waals surface area contributed by atoms with E-state index in [0.29, 0.717) is 18.6 Å². The average molecular weight is 547 g/mol. The topological polar surface area (TPSA) is 102 Å². The minimum absolute atomic E-state index is 0.0561. The SMILES string of the molecule is CCCCCCSCCCCCCCC(Oc1ccccc1)C(C)OP(=O)(O)C(OCCC)C(=O)O. The molecule has 2 N–H and O–H groups in total. The maximum absolute atomic E-state index is 12.8. The van der Waals surface area contributed by atoms with E-state index < -0.39 is 31.6 Å². The standard InChI is InChI=1S/C27H47O7PS/c1-4-6-7-15-21-36-22-16-10-8-9-14-19-25(33-24-17-12-11-13-18-24)23(3)34-35(30,31)27(26(28)29)32-20-5-2/h11-13,17-18,23,25,27H,4-10,14-16,19-22H2,1-3H3,(H,28,29)(H,30,31). The average Bonchev–Trinajstić information content (AvgIpc) is 2.84. The quantitative estimate of drug-likeness (QED) is 0.107. The van der Waals surface area contributed by atoms with Crippen molar-refractivity contribution in [2.45, 2.75) is 109 Å². The molecule has 0 aliphatic rings. The Hall–Kier alpha value is -1.05. The summed E-state index contributed by atoms with van der Waals surface area (Å²) in [6.45, 7) is 5.73. The molecule has 0 radical (unpaired) electrons. The molecule has 9 heteroatoms. The number of carboxylic acid groups (broad SMARTS) is 1. The molecule has 0 bridgehead atoms. The number of thioether (sulfide) groups is 1. The third kappa shape index (κ3) is 14.6. The van der Waals surface area contributed by atoms with Crippen LogP contribution in [0.4, 0.5) is 0 Å². The van der Waals surface area contributed by atoms with E-state index in [2.05, 4.69) is 18.7 Å². The highest BCUT2D eigenvalue weighted by Crippen LogP contribution is 2.50. The fourth-order valence-electron chi connectivity index (χ4n) is 3.77. The molecular formula is C27H47O7PS. The summed E-state index contributed by atoms with van der Waals surface area (Å²) < 4.78 is 29.4. The Bertz CT molecular complexity index is 734. The summed E-state index contributed by atoms with van der Waals surface area (Å²) in [6.07, 6.45) is 10.6. The summed E-state index contributed by atoms with van der Waals surface area (Å²) in [7, 11) is -4.58. The molecule has 208 valence electrons. The largest absolute Gasteiger partial charge is 0.488 e. The number of carboxylic acids is 1. The molecule has 0 saturated carbocycles. The van der Waals surface area contributed by atoms with Gasteiger partial charge in [-0.15, -0.1) is 0 Å². The number of aliphatic carboxylic acids is 1. The monoisotopic (exact) mass is 546 g/mol. The zero-order valence-corrected chi connectivity index (χ0v) is 24.0. The Kier molecular flexibility index (Phi) is 18.3. The highest BCUT2D eigenvalue weighted by atomic mass is 32.2. The van der Waals surface area contributed by atoms with E-state index >= 15 is 0 Å². The van der Waals surface area contributed by atoms with Gasteiger partial charge in [-0.3, -0.25) is 9.09 Å². The molecule has 0 heterocycles. The van der Waals surface area contributed by atoms with Crippen LogP contribution in [0, 0.1) is 0 Å². The Morgan fingerprint density at radius 2 is 1.56 bits per heavy atom. The molecule has 36 heavy (non-hydrogen) atoms. The molecule has 1 aromatic carbocycles. The molecule has 0 aliphatic heterocycles. The van der Waals surface area contributed by atoms with Gasteiger partial charge in [0, 0.05) is 6.61 Å². The first-order valence-corrected chi connectivity index (χ1v) is 16.3. The first kappa shape index (κ1) is 33.0. The molecule has 0 amide bonds. The van der Waals surface area contributed by atoms with E-state index in [0.717, 1.165) is 19.3 Å². The highest BCUT2D eigenvalue weighted by molar-refractivity contribution is 7.99. The van der Waals surface area contributed by atoms with Crippen LogP contribution in [0.2, 0.25) is 0 Å². The number of unbranched alkanes of at least 4 members (excludes halogenated alkanes) is 7. The maximum Gasteiger partial charge on any atom is 0.368 e. The van der Waals surface area contributed by atoms with Crippen molar-refractivity contribution in [3.05, 3.63) is 30.3 Å². The van der Waals surface area contributed by atoms with Crippen molar-refractivity contribution in [3.63, 3.8) is 0 Å². The number of carbonyl (C=O) groups is 1. The Labute approximate surface area is 222 Å². The fraction of sp³-hybridized carbons (Fsp3) is 0.741. The number of benzene rings is 1. The molecule has 7 nitrogen and oxygen atoms in total. The fourth-order valence-corrected chi connectivity index (χ4v) is 6.09. The van der Waals surface area contributed by atoms with Gasteiger partial charge in [0.25, 0.3) is 5.85 Å². The number of rotatable bonds is 23. The first-order valence-electron chi connectivity index (χ1n) is 13.5. The van der Waals surface area contributed by atoms with Gasteiger partial charge in [0.05, 0.1) is 0 Å². The van der Waals surface area contributed by atoms with E-state index in [-0.39, 0.29) is 6.61 Å². The molecule has 0 saturated heterocycles. The van der Waals surface area contributed by atoms with Crippen LogP contribution in [0.5, 0.6) is 5.75 Å². The van der Waals surface area contributed by atoms with Crippen molar-refractivity contribution >= 4 is 25.3 Å². The van der Waals surface area contributed by atoms with Gasteiger partial charge >= 0.3 is 13.6 Å². The van der Waals surface area contributed by atoms with Gasteiger partial charge in [0.15, 0.2) is 0 Å². The van der Waals surface area contributed by atoms with Gasteiger partial charge in [0.1, 0.15) is 18.0 Å². The van der Waals surface area contributed by atoms with Crippen LogP contribution < -0.4 is 4.74 Å². The zero-order valence-electron chi connectivity index (χ0n) is 22.3. The highest BCUT2D eigenvalue weighted by Gasteiger charge is 2.42. The first-order chi connectivity index (χ1) is 17.3. The molecule has 0 aromatic heterocycles. The predicted octanol–water partition coefficient (Wildman–Crippen LogP) is 7.52. The van der Waals surface area contributed by atoms with Crippen LogP contribution in [0.15, 0.2) is 30.3 Å². The van der Waals surface area contributed by atoms with E-state index in [1.165, 1.54) is 50.0 Å². The van der Waals surface area contributed by atoms with Crippen molar-refractivity contribution in [1.29, 1.82) is 0 Å². The number of hydrogen-bond donors (Lipinski definition) is 2. The van der Waals surface area contributed by atoms with Crippen LogP contribution in [0.3, 0.4) is 0 Å². The molecule has 0 aliphatic carbocycles. The predicted molar refractivity (Wildman–Crippen MR) is 148 cm³/mol. The summed E-state index contributed by atoms with van der Waals surface area (Å²) in [6, 6.07) is 9.24. The minimum Gasteiger partial charge on any atom is -0.488 e. The smallest absolute Gasteiger partial charge is 0.368 e. The van der Waals surface area contributed by atoms with E-state index in [9.17, 15) is 19.4 Å². The Morgan fingerprint density at radius 1 is 0.944 bits per heavy atom. The molecular weight excluding hydrogens is 499 g/mol. The van der Waals surface area contributed by atoms with Crippen LogP contribution in [-0.2, 0) is 18.6 Å². The molecule has 1 rings (SSSR count). The molecule has 4 atom stereocenters. The third-order valence-electron chi connectivity index (χ3n) is 5.78. The number of ether oxygens (including phenoxy) is 2. The summed E-state index contributed by atoms with van der Waals surface area (Å²) in [4.78, 5) is 21.9. The van der Waals surface area contributed by atoms with Crippen molar-refractivity contribution in [1.82, 2.24) is 0 Å². The van der Waals surface area contributed by atoms with Crippen molar-refractivity contribution in [2.24, 2.45) is 0 Å². The van der Waals surface area contributed by atoms with Crippen molar-refractivity contribution in [3.8, 4) is 5.75 Å². The van der Waals surface area contributed by atoms with Gasteiger partial charge in [-0.05, 0) is 62.7 Å². The molecule has 0 fully saturated rings. The summed E-state index contributed by atoms with van der Waals surface area (Å²) in [5.74, 6) is -0.313. The van der Waals surface area contributed by atoms with E-state index in [1.54, 1.807) is 13.8 Å². The number of para-hydroxylation sites is 1. The Balaban J connectivity index is 2.53. The van der Waals surface area contributed by atoms with Gasteiger partial charge in [-0.25, -0.2) is 4.79 Å². The van der Waals surface area contributed by atoms with Gasteiger partial charge < -0.3 is 19.5 Å². The van der Waals surface area contributed by atoms with Crippen molar-refractivity contribution in [2.75, 3.05) is 18.1 Å². The summed E-state index contributed by atoms with van der Waals surface area (Å²) >= 11 is 2.05. The summed E-state index contributed by atoms with van der Waals surface area (Å²) in [5, 5.41) is 9.38. The second-order valence-corrected chi connectivity index (χ2v) is 12.2. The molecule has 0 spiro atoms. The number of hydrogen-bond acceptors (Lipinski definition) is 6. The Morgan fingerprint density at radius 3 is 2.17 bits per heavy atom. The molecule has 4 unspecified atom stereocenters. The van der Waals surface area contributed by atoms with Crippen molar-refractivity contribution < 1.29 is 33.4 Å². The summed E-state index contributed by atoms with van der Waals surface area (Å²) in [5.41, 5.74) is 0. The maximum atomic E-state index is 12.8. The lowest BCUT2D eigenvalue weighted by Gasteiger charge is -2.29. The van der Waals surface area contributed by atoms with E-state index in [1.807, 2.05) is 30.3 Å². The zero-order chi connectivity index (χ0) is 26.7. The second-order valence-electron chi connectivity index (χ2n) is 9.13. The molecule has 1 aromatic rings. The lowest BCUT2D eigenvalue weighted by molar-refractivity contribution is -0.146. The normalized spacial score (nSPS) is 15.7. The lowest BCUT2D eigenvalue weighted by Crippen LogP contribution is -2.34. The van der Waals surface area contributed by atoms with Gasteiger partial charge in [-0.1, -0.05) is 70.6 Å². The van der Waals surface area contributed by atoms with E-state index in [4.69, 9.17) is 14.0 Å².